The number of nitrogens with one attached hydrogen (secondary N) is 1. The zero-order valence-electron chi connectivity index (χ0n) is 9.74. The number of hydrogen-bond donors (Lipinski definition) is 2. The summed E-state index contributed by atoms with van der Waals surface area (Å²) in [7, 11) is 0. The summed E-state index contributed by atoms with van der Waals surface area (Å²) in [4.78, 5) is 0. The van der Waals surface area contributed by atoms with Crippen molar-refractivity contribution in [3.05, 3.63) is 63.6 Å². The highest BCUT2D eigenvalue weighted by Crippen LogP contribution is 2.28. The Morgan fingerprint density at radius 3 is 2.44 bits per heavy atom. The van der Waals surface area contributed by atoms with E-state index in [0.717, 1.165) is 20.7 Å². The molecule has 0 bridgehead atoms. The summed E-state index contributed by atoms with van der Waals surface area (Å²) in [5.41, 5.74) is 7.85. The second-order valence-corrected chi connectivity index (χ2v) is 5.20. The van der Waals surface area contributed by atoms with Crippen LogP contribution < -0.4 is 11.1 Å². The average Bonchev–Trinajstić information content (AvgIpc) is 2.39. The van der Waals surface area contributed by atoms with Crippen molar-refractivity contribution in [2.45, 2.75) is 6.04 Å². The molecular formula is C14H14BrClN2. The molecule has 2 aromatic carbocycles. The average molecular weight is 326 g/mol. The van der Waals surface area contributed by atoms with Crippen LogP contribution in [0.5, 0.6) is 0 Å². The van der Waals surface area contributed by atoms with Gasteiger partial charge in [-0.2, -0.15) is 0 Å². The maximum absolute atomic E-state index is 6.20. The molecular weight excluding hydrogens is 312 g/mol. The second kappa shape index (κ2) is 6.23. The molecule has 1 unspecified atom stereocenters. The fraction of sp³-hybridized carbons (Fsp3) is 0.143. The standard InChI is InChI=1S/C14H14BrClN2/c15-11-6-2-4-8-13(11)18-14(9-17)10-5-1-3-7-12(10)16/h1-8,14,18H,9,17H2. The normalized spacial score (nSPS) is 12.2. The maximum atomic E-state index is 6.20. The number of anilines is 1. The molecule has 0 fully saturated rings. The van der Waals surface area contributed by atoms with Crippen molar-refractivity contribution in [1.29, 1.82) is 0 Å². The number of rotatable bonds is 4. The zero-order valence-corrected chi connectivity index (χ0v) is 12.1. The van der Waals surface area contributed by atoms with Gasteiger partial charge in [0.2, 0.25) is 0 Å². The summed E-state index contributed by atoms with van der Waals surface area (Å²) in [5.74, 6) is 0. The van der Waals surface area contributed by atoms with Crippen LogP contribution in [-0.4, -0.2) is 6.54 Å². The zero-order chi connectivity index (χ0) is 13.0. The van der Waals surface area contributed by atoms with Crippen LogP contribution in [0.15, 0.2) is 53.0 Å². The van der Waals surface area contributed by atoms with Gasteiger partial charge in [0.25, 0.3) is 0 Å². The largest absolute Gasteiger partial charge is 0.376 e. The fourth-order valence-corrected chi connectivity index (χ4v) is 2.45. The van der Waals surface area contributed by atoms with Crippen LogP contribution in [0.1, 0.15) is 11.6 Å². The summed E-state index contributed by atoms with van der Waals surface area (Å²) in [6, 6.07) is 15.7. The molecule has 0 saturated heterocycles. The van der Waals surface area contributed by atoms with E-state index in [-0.39, 0.29) is 6.04 Å². The third kappa shape index (κ3) is 3.05. The third-order valence-electron chi connectivity index (χ3n) is 2.72. The molecule has 0 aromatic heterocycles. The second-order valence-electron chi connectivity index (χ2n) is 3.93. The summed E-state index contributed by atoms with van der Waals surface area (Å²) >= 11 is 9.71. The van der Waals surface area contributed by atoms with Crippen molar-refractivity contribution in [2.24, 2.45) is 5.73 Å². The molecule has 2 rings (SSSR count). The molecule has 0 aliphatic heterocycles. The van der Waals surface area contributed by atoms with Crippen molar-refractivity contribution < 1.29 is 0 Å². The summed E-state index contributed by atoms with van der Waals surface area (Å²) in [6.07, 6.45) is 0. The predicted octanol–water partition coefficient (Wildman–Crippen LogP) is 4.21. The molecule has 0 saturated carbocycles. The maximum Gasteiger partial charge on any atom is 0.0651 e. The highest BCUT2D eigenvalue weighted by atomic mass is 79.9. The van der Waals surface area contributed by atoms with Crippen LogP contribution in [0.25, 0.3) is 0 Å². The van der Waals surface area contributed by atoms with Gasteiger partial charge in [0, 0.05) is 21.7 Å². The Labute approximate surface area is 120 Å². The summed E-state index contributed by atoms with van der Waals surface area (Å²) in [5, 5.41) is 4.13. The van der Waals surface area contributed by atoms with E-state index in [0.29, 0.717) is 6.54 Å². The highest BCUT2D eigenvalue weighted by Gasteiger charge is 2.13. The molecule has 0 spiro atoms. The van der Waals surface area contributed by atoms with Crippen LogP contribution >= 0.6 is 27.5 Å². The molecule has 3 N–H and O–H groups in total. The molecule has 0 heterocycles. The van der Waals surface area contributed by atoms with Crippen molar-refractivity contribution in [3.63, 3.8) is 0 Å². The molecule has 4 heteroatoms. The number of nitrogens with two attached hydrogens (primary N) is 1. The first-order valence-electron chi connectivity index (χ1n) is 5.68. The van der Waals surface area contributed by atoms with E-state index in [1.165, 1.54) is 0 Å². The Kier molecular flexibility index (Phi) is 4.64. The first-order chi connectivity index (χ1) is 8.72. The Hall–Kier alpha value is -1.03. The Morgan fingerprint density at radius 2 is 1.78 bits per heavy atom. The minimum absolute atomic E-state index is 0.00241. The van der Waals surface area contributed by atoms with Gasteiger partial charge in [-0.15, -0.1) is 0 Å². The van der Waals surface area contributed by atoms with Crippen molar-refractivity contribution >= 4 is 33.2 Å². The number of benzene rings is 2. The van der Waals surface area contributed by atoms with Gasteiger partial charge in [0.15, 0.2) is 0 Å². The van der Waals surface area contributed by atoms with E-state index >= 15 is 0 Å². The lowest BCUT2D eigenvalue weighted by atomic mass is 10.1. The van der Waals surface area contributed by atoms with Gasteiger partial charge in [0.05, 0.1) is 6.04 Å². The quantitative estimate of drug-likeness (QED) is 0.883. The first kappa shape index (κ1) is 13.4. The fourth-order valence-electron chi connectivity index (χ4n) is 1.79. The molecule has 0 aliphatic carbocycles. The molecule has 94 valence electrons. The molecule has 0 aliphatic rings. The SMILES string of the molecule is NCC(Nc1ccccc1Br)c1ccccc1Cl. The Morgan fingerprint density at radius 1 is 1.11 bits per heavy atom. The first-order valence-corrected chi connectivity index (χ1v) is 6.85. The molecule has 18 heavy (non-hydrogen) atoms. The van der Waals surface area contributed by atoms with Crippen LogP contribution in [0.2, 0.25) is 5.02 Å². The number of hydrogen-bond acceptors (Lipinski definition) is 2. The van der Waals surface area contributed by atoms with Gasteiger partial charge in [0.1, 0.15) is 0 Å². The van der Waals surface area contributed by atoms with Crippen molar-refractivity contribution in [3.8, 4) is 0 Å². The van der Waals surface area contributed by atoms with Gasteiger partial charge in [-0.1, -0.05) is 41.9 Å². The van der Waals surface area contributed by atoms with E-state index in [1.807, 2.05) is 48.5 Å². The Balaban J connectivity index is 2.26. The minimum Gasteiger partial charge on any atom is -0.376 e. The van der Waals surface area contributed by atoms with Crippen LogP contribution in [0.3, 0.4) is 0 Å². The van der Waals surface area contributed by atoms with E-state index in [4.69, 9.17) is 17.3 Å². The van der Waals surface area contributed by atoms with E-state index < -0.39 is 0 Å². The monoisotopic (exact) mass is 324 g/mol. The highest BCUT2D eigenvalue weighted by molar-refractivity contribution is 9.10. The van der Waals surface area contributed by atoms with Gasteiger partial charge in [-0.3, -0.25) is 0 Å². The van der Waals surface area contributed by atoms with Gasteiger partial charge < -0.3 is 11.1 Å². The molecule has 2 nitrogen and oxygen atoms in total. The van der Waals surface area contributed by atoms with Gasteiger partial charge in [-0.25, -0.2) is 0 Å². The lowest BCUT2D eigenvalue weighted by Gasteiger charge is -2.20. The molecule has 0 radical (unpaired) electrons. The van der Waals surface area contributed by atoms with Crippen molar-refractivity contribution in [1.82, 2.24) is 0 Å². The third-order valence-corrected chi connectivity index (χ3v) is 3.76. The summed E-state index contributed by atoms with van der Waals surface area (Å²) in [6.45, 7) is 0.477. The lowest BCUT2D eigenvalue weighted by molar-refractivity contribution is 0.789. The topological polar surface area (TPSA) is 38.0 Å². The van der Waals surface area contributed by atoms with E-state index in [2.05, 4.69) is 21.2 Å². The number of halogens is 2. The lowest BCUT2D eigenvalue weighted by Crippen LogP contribution is -2.21. The minimum atomic E-state index is -0.00241. The predicted molar refractivity (Wildman–Crippen MR) is 81.0 cm³/mol. The van der Waals surface area contributed by atoms with Gasteiger partial charge >= 0.3 is 0 Å². The number of para-hydroxylation sites is 1. The van der Waals surface area contributed by atoms with E-state index in [9.17, 15) is 0 Å². The molecule has 1 atom stereocenters. The smallest absolute Gasteiger partial charge is 0.0651 e. The van der Waals surface area contributed by atoms with Gasteiger partial charge in [-0.05, 0) is 39.7 Å². The molecule has 2 aromatic rings. The van der Waals surface area contributed by atoms with Crippen molar-refractivity contribution in [2.75, 3.05) is 11.9 Å². The molecule has 0 amide bonds. The summed E-state index contributed by atoms with van der Waals surface area (Å²) < 4.78 is 1.01. The van der Waals surface area contributed by atoms with Crippen LogP contribution in [-0.2, 0) is 0 Å². The Bertz CT molecular complexity index is 531. The van der Waals surface area contributed by atoms with Crippen LogP contribution in [0.4, 0.5) is 5.69 Å². The van der Waals surface area contributed by atoms with E-state index in [1.54, 1.807) is 0 Å². The van der Waals surface area contributed by atoms with Crippen LogP contribution in [0, 0.1) is 0 Å².